The monoisotopic (exact) mass is 451 g/mol. The Morgan fingerprint density at radius 1 is 1.16 bits per heavy atom. The molecule has 0 fully saturated rings. The van der Waals surface area contributed by atoms with Crippen LogP contribution in [-0.4, -0.2) is 23.1 Å². The van der Waals surface area contributed by atoms with Crippen LogP contribution in [0.1, 0.15) is 24.0 Å². The number of nitrogens with zero attached hydrogens (tertiary/aromatic N) is 1. The predicted molar refractivity (Wildman–Crippen MR) is 106 cm³/mol. The van der Waals surface area contributed by atoms with E-state index in [0.29, 0.717) is 5.56 Å². The normalized spacial score (nSPS) is 10.6. The predicted octanol–water partition coefficient (Wildman–Crippen LogP) is 3.17. The zero-order chi connectivity index (χ0) is 18.2. The van der Waals surface area contributed by atoms with Gasteiger partial charge >= 0.3 is 0 Å². The Hall–Kier alpha value is -2.42. The number of aromatic hydroxyl groups is 1. The summed E-state index contributed by atoms with van der Waals surface area (Å²) in [6, 6.07) is 12.4. The summed E-state index contributed by atoms with van der Waals surface area (Å²) in [5.74, 6) is -0.530. The van der Waals surface area contributed by atoms with Gasteiger partial charge in [-0.3, -0.25) is 9.59 Å². The van der Waals surface area contributed by atoms with Crippen LogP contribution >= 0.6 is 22.6 Å². The van der Waals surface area contributed by atoms with Gasteiger partial charge in [0.25, 0.3) is 0 Å². The maximum absolute atomic E-state index is 11.9. The van der Waals surface area contributed by atoms with Crippen LogP contribution in [0, 0.1) is 10.5 Å². The number of hydrogen-bond donors (Lipinski definition) is 3. The van der Waals surface area contributed by atoms with Crippen molar-refractivity contribution in [2.45, 2.75) is 19.8 Å². The van der Waals surface area contributed by atoms with Crippen LogP contribution in [0.15, 0.2) is 47.6 Å². The molecule has 0 saturated carbocycles. The fourth-order valence-corrected chi connectivity index (χ4v) is 2.68. The van der Waals surface area contributed by atoms with Gasteiger partial charge < -0.3 is 10.4 Å². The number of hydrogen-bond acceptors (Lipinski definition) is 4. The van der Waals surface area contributed by atoms with Crippen molar-refractivity contribution >= 4 is 46.3 Å². The highest BCUT2D eigenvalue weighted by Gasteiger charge is 2.08. The molecule has 3 N–H and O–H groups in total. The van der Waals surface area contributed by atoms with Gasteiger partial charge in [0.15, 0.2) is 0 Å². The standard InChI is InChI=1S/C18H18IN3O3/c1-12-10-14(19)6-7-15(12)21-17(24)8-9-18(25)22-20-11-13-4-2-3-5-16(13)23/h2-7,10-11,23H,8-9H2,1H3,(H,21,24)(H,22,25)/b20-11-. The van der Waals surface area contributed by atoms with E-state index in [0.717, 1.165) is 14.8 Å². The molecule has 0 aromatic heterocycles. The number of carbonyl (C=O) groups is 2. The van der Waals surface area contributed by atoms with Crippen molar-refractivity contribution < 1.29 is 14.7 Å². The van der Waals surface area contributed by atoms with Gasteiger partial charge in [0.05, 0.1) is 6.21 Å². The van der Waals surface area contributed by atoms with Crippen molar-refractivity contribution in [3.8, 4) is 5.75 Å². The second kappa shape index (κ2) is 9.16. The lowest BCUT2D eigenvalue weighted by Gasteiger charge is -2.08. The van der Waals surface area contributed by atoms with Crippen LogP contribution < -0.4 is 10.7 Å². The van der Waals surface area contributed by atoms with Gasteiger partial charge in [0, 0.05) is 27.7 Å². The third-order valence-corrected chi connectivity index (χ3v) is 4.04. The van der Waals surface area contributed by atoms with Crippen molar-refractivity contribution in [3.05, 3.63) is 57.2 Å². The molecule has 0 unspecified atom stereocenters. The first-order chi connectivity index (χ1) is 12.0. The highest BCUT2D eigenvalue weighted by molar-refractivity contribution is 14.1. The minimum absolute atomic E-state index is 0.0212. The van der Waals surface area contributed by atoms with Crippen LogP contribution in [-0.2, 0) is 9.59 Å². The van der Waals surface area contributed by atoms with Crippen LogP contribution in [0.5, 0.6) is 5.75 Å². The number of phenols is 1. The Morgan fingerprint density at radius 3 is 2.60 bits per heavy atom. The van der Waals surface area contributed by atoms with E-state index in [9.17, 15) is 14.7 Å². The number of carbonyl (C=O) groups excluding carboxylic acids is 2. The lowest BCUT2D eigenvalue weighted by atomic mass is 10.2. The van der Waals surface area contributed by atoms with Crippen LogP contribution in [0.3, 0.4) is 0 Å². The Morgan fingerprint density at radius 2 is 1.88 bits per heavy atom. The molecule has 0 saturated heterocycles. The van der Waals surface area contributed by atoms with Crippen molar-refractivity contribution in [1.82, 2.24) is 5.43 Å². The van der Waals surface area contributed by atoms with E-state index < -0.39 is 0 Å². The number of anilines is 1. The maximum Gasteiger partial charge on any atom is 0.240 e. The summed E-state index contributed by atoms with van der Waals surface area (Å²) in [6.45, 7) is 1.91. The fourth-order valence-electron chi connectivity index (χ4n) is 2.03. The van der Waals surface area contributed by atoms with Gasteiger partial charge in [-0.1, -0.05) is 12.1 Å². The van der Waals surface area contributed by atoms with Gasteiger partial charge in [0.1, 0.15) is 5.75 Å². The molecule has 25 heavy (non-hydrogen) atoms. The minimum atomic E-state index is -0.374. The summed E-state index contributed by atoms with van der Waals surface area (Å²) >= 11 is 2.21. The number of rotatable bonds is 6. The smallest absolute Gasteiger partial charge is 0.240 e. The number of hydrazone groups is 1. The van der Waals surface area contributed by atoms with Gasteiger partial charge in [-0.05, 0) is 65.4 Å². The number of aryl methyl sites for hydroxylation is 1. The van der Waals surface area contributed by atoms with Gasteiger partial charge in [-0.25, -0.2) is 5.43 Å². The maximum atomic E-state index is 11.9. The fraction of sp³-hybridized carbons (Fsp3) is 0.167. The van der Waals surface area contributed by atoms with E-state index in [-0.39, 0.29) is 30.4 Å². The molecule has 2 rings (SSSR count). The lowest BCUT2D eigenvalue weighted by molar-refractivity contribution is -0.124. The summed E-state index contributed by atoms with van der Waals surface area (Å²) < 4.78 is 1.09. The highest BCUT2D eigenvalue weighted by atomic mass is 127. The quantitative estimate of drug-likeness (QED) is 0.358. The van der Waals surface area contributed by atoms with Crippen LogP contribution in [0.2, 0.25) is 0 Å². The van der Waals surface area contributed by atoms with Gasteiger partial charge in [-0.15, -0.1) is 0 Å². The molecular formula is C18H18IN3O3. The molecule has 0 bridgehead atoms. The first kappa shape index (κ1) is 18.9. The number of halogens is 1. The molecule has 0 spiro atoms. The van der Waals surface area contributed by atoms with Crippen LogP contribution in [0.25, 0.3) is 0 Å². The summed E-state index contributed by atoms with van der Waals surface area (Å²) in [7, 11) is 0. The Balaban J connectivity index is 1.77. The summed E-state index contributed by atoms with van der Waals surface area (Å²) in [5.41, 5.74) is 4.54. The average Bonchev–Trinajstić information content (AvgIpc) is 2.57. The molecule has 0 atom stereocenters. The van der Waals surface area contributed by atoms with Crippen molar-refractivity contribution in [3.63, 3.8) is 0 Å². The highest BCUT2D eigenvalue weighted by Crippen LogP contribution is 2.18. The molecule has 2 aromatic rings. The number of amides is 2. The van der Waals surface area contributed by atoms with Crippen LogP contribution in [0.4, 0.5) is 5.69 Å². The van der Waals surface area contributed by atoms with E-state index in [1.807, 2.05) is 25.1 Å². The molecule has 2 amide bonds. The van der Waals surface area contributed by atoms with Gasteiger partial charge in [-0.2, -0.15) is 5.10 Å². The van der Waals surface area contributed by atoms with E-state index in [2.05, 4.69) is 38.4 Å². The molecule has 0 aliphatic carbocycles. The Kier molecular flexibility index (Phi) is 6.93. The average molecular weight is 451 g/mol. The summed E-state index contributed by atoms with van der Waals surface area (Å²) in [6.07, 6.45) is 1.43. The van der Waals surface area contributed by atoms with Crippen molar-refractivity contribution in [2.24, 2.45) is 5.10 Å². The first-order valence-electron chi connectivity index (χ1n) is 7.61. The third kappa shape index (κ3) is 6.18. The number of para-hydroxylation sites is 1. The number of nitrogens with one attached hydrogen (secondary N) is 2. The molecule has 0 aliphatic heterocycles. The SMILES string of the molecule is Cc1cc(I)ccc1NC(=O)CCC(=O)N/N=C\c1ccccc1O. The van der Waals surface area contributed by atoms with Gasteiger partial charge in [0.2, 0.25) is 11.8 Å². The molecule has 0 heterocycles. The second-order valence-corrected chi connectivity index (χ2v) is 6.61. The number of benzene rings is 2. The first-order valence-corrected chi connectivity index (χ1v) is 8.69. The van der Waals surface area contributed by atoms with E-state index in [1.54, 1.807) is 18.2 Å². The Labute approximate surface area is 159 Å². The van der Waals surface area contributed by atoms with E-state index in [1.165, 1.54) is 12.3 Å². The molecule has 6 nitrogen and oxygen atoms in total. The molecule has 7 heteroatoms. The summed E-state index contributed by atoms with van der Waals surface area (Å²) in [5, 5.41) is 16.1. The third-order valence-electron chi connectivity index (χ3n) is 3.37. The van der Waals surface area contributed by atoms with Crippen molar-refractivity contribution in [1.29, 1.82) is 0 Å². The molecule has 2 aromatic carbocycles. The Bertz CT molecular complexity index is 806. The zero-order valence-electron chi connectivity index (χ0n) is 13.6. The largest absolute Gasteiger partial charge is 0.507 e. The van der Waals surface area contributed by atoms with Crippen molar-refractivity contribution in [2.75, 3.05) is 5.32 Å². The van der Waals surface area contributed by atoms with E-state index in [4.69, 9.17) is 0 Å². The second-order valence-electron chi connectivity index (χ2n) is 5.36. The topological polar surface area (TPSA) is 90.8 Å². The lowest BCUT2D eigenvalue weighted by Crippen LogP contribution is -2.20. The molecule has 130 valence electrons. The number of phenolic OH excluding ortho intramolecular Hbond substituents is 1. The molecule has 0 aliphatic rings. The zero-order valence-corrected chi connectivity index (χ0v) is 15.8. The molecular weight excluding hydrogens is 433 g/mol. The minimum Gasteiger partial charge on any atom is -0.507 e. The summed E-state index contributed by atoms with van der Waals surface area (Å²) in [4.78, 5) is 23.6. The molecule has 0 radical (unpaired) electrons. The van der Waals surface area contributed by atoms with E-state index >= 15 is 0 Å².